The lowest BCUT2D eigenvalue weighted by molar-refractivity contribution is 0.00664. The third-order valence-electron chi connectivity index (χ3n) is 2.58. The Morgan fingerprint density at radius 3 is 2.00 bits per heavy atom. The summed E-state index contributed by atoms with van der Waals surface area (Å²) in [6, 6.07) is 0. The maximum absolute atomic E-state index is 12.3. The number of carbonyl (C=O) groups excluding carboxylic acids is 2. The highest BCUT2D eigenvalue weighted by molar-refractivity contribution is 5.97. The quantitative estimate of drug-likeness (QED) is 0.862. The largest absolute Gasteiger partial charge is 0.492 e. The van der Waals surface area contributed by atoms with Crippen molar-refractivity contribution in [1.82, 2.24) is 4.57 Å². The number of nitrogens with one attached hydrogen (secondary N) is 1. The second-order valence-electron chi connectivity index (χ2n) is 7.16. The van der Waals surface area contributed by atoms with Gasteiger partial charge in [-0.1, -0.05) is 0 Å². The number of aryl methyl sites for hydroxylation is 1. The first-order chi connectivity index (χ1) is 10.3. The molecule has 0 bridgehead atoms. The van der Waals surface area contributed by atoms with E-state index in [1.807, 2.05) is 0 Å². The molecule has 7 heteroatoms. The summed E-state index contributed by atoms with van der Waals surface area (Å²) in [5.41, 5.74) is -1.02. The molecule has 1 rings (SSSR count). The van der Waals surface area contributed by atoms with Crippen LogP contribution in [0.4, 0.5) is 10.6 Å². The molecule has 0 aliphatic heterocycles. The Balaban J connectivity index is 3.07. The first-order valence-corrected chi connectivity index (χ1v) is 7.30. The number of rotatable bonds is 3. The lowest BCUT2D eigenvalue weighted by atomic mass is 10.2. The topological polar surface area (TPSA) is 78.8 Å². The molecule has 1 aromatic rings. The molecule has 0 unspecified atom stereocenters. The second kappa shape index (κ2) is 6.52. The molecule has 0 saturated carbocycles. The van der Waals surface area contributed by atoms with Crippen molar-refractivity contribution in [2.45, 2.75) is 52.7 Å². The molecule has 0 radical (unpaired) electrons. The van der Waals surface area contributed by atoms with Crippen molar-refractivity contribution in [3.63, 3.8) is 0 Å². The molecule has 1 heterocycles. The van der Waals surface area contributed by atoms with Crippen LogP contribution in [0, 0.1) is 0 Å². The van der Waals surface area contributed by atoms with Gasteiger partial charge in [-0.25, -0.2) is 9.59 Å². The van der Waals surface area contributed by atoms with Gasteiger partial charge in [-0.2, -0.15) is 0 Å². The summed E-state index contributed by atoms with van der Waals surface area (Å²) in [6.07, 6.45) is 0.910. The number of amides is 1. The standard InChI is InChI=1S/C16H26N2O5/c1-15(2,3)22-13(19)10-9-18(7)12(11(10)21-8)17-14(20)23-16(4,5)6/h9H,1-8H3,(H,17,20). The fourth-order valence-electron chi connectivity index (χ4n) is 1.83. The van der Waals surface area contributed by atoms with E-state index in [0.29, 0.717) is 5.82 Å². The van der Waals surface area contributed by atoms with Crippen LogP contribution in [-0.4, -0.2) is 34.9 Å². The molecule has 1 amide bonds. The van der Waals surface area contributed by atoms with Crippen LogP contribution in [-0.2, 0) is 16.5 Å². The Labute approximate surface area is 136 Å². The van der Waals surface area contributed by atoms with Crippen LogP contribution in [0.25, 0.3) is 0 Å². The van der Waals surface area contributed by atoms with Crippen LogP contribution < -0.4 is 10.1 Å². The van der Waals surface area contributed by atoms with E-state index in [1.54, 1.807) is 59.4 Å². The Kier molecular flexibility index (Phi) is 5.35. The summed E-state index contributed by atoms with van der Waals surface area (Å²) >= 11 is 0. The van der Waals surface area contributed by atoms with Gasteiger partial charge in [-0.3, -0.25) is 5.32 Å². The number of ether oxygens (including phenoxy) is 3. The normalized spacial score (nSPS) is 11.8. The molecule has 0 spiro atoms. The lowest BCUT2D eigenvalue weighted by Gasteiger charge is -2.20. The molecule has 1 N–H and O–H groups in total. The number of hydrogen-bond acceptors (Lipinski definition) is 5. The van der Waals surface area contributed by atoms with Crippen LogP contribution in [0.3, 0.4) is 0 Å². The lowest BCUT2D eigenvalue weighted by Crippen LogP contribution is -2.28. The first kappa shape index (κ1) is 18.9. The van der Waals surface area contributed by atoms with Crippen LogP contribution in [0.1, 0.15) is 51.9 Å². The molecule has 0 aliphatic carbocycles. The maximum Gasteiger partial charge on any atom is 0.413 e. The molecule has 7 nitrogen and oxygen atoms in total. The Morgan fingerprint density at radius 2 is 1.57 bits per heavy atom. The predicted molar refractivity (Wildman–Crippen MR) is 87.0 cm³/mol. The van der Waals surface area contributed by atoms with E-state index in [4.69, 9.17) is 14.2 Å². The minimum Gasteiger partial charge on any atom is -0.492 e. The Bertz CT molecular complexity index is 591. The zero-order chi connectivity index (χ0) is 18.0. The highest BCUT2D eigenvalue weighted by atomic mass is 16.6. The van der Waals surface area contributed by atoms with E-state index < -0.39 is 23.3 Å². The molecule has 1 aromatic heterocycles. The van der Waals surface area contributed by atoms with Gasteiger partial charge in [0.2, 0.25) is 0 Å². The summed E-state index contributed by atoms with van der Waals surface area (Å²) < 4.78 is 17.4. The Hall–Kier alpha value is -2.18. The van der Waals surface area contributed by atoms with Gasteiger partial charge in [0.25, 0.3) is 0 Å². The van der Waals surface area contributed by atoms with E-state index in [9.17, 15) is 9.59 Å². The fraction of sp³-hybridized carbons (Fsp3) is 0.625. The maximum atomic E-state index is 12.3. The zero-order valence-corrected chi connectivity index (χ0v) is 15.1. The van der Waals surface area contributed by atoms with Gasteiger partial charge < -0.3 is 18.8 Å². The van der Waals surface area contributed by atoms with E-state index >= 15 is 0 Å². The van der Waals surface area contributed by atoms with E-state index in [2.05, 4.69) is 5.32 Å². The summed E-state index contributed by atoms with van der Waals surface area (Å²) in [7, 11) is 3.10. The zero-order valence-electron chi connectivity index (χ0n) is 15.1. The SMILES string of the molecule is COc1c(C(=O)OC(C)(C)C)cn(C)c1NC(=O)OC(C)(C)C. The highest BCUT2D eigenvalue weighted by Gasteiger charge is 2.27. The predicted octanol–water partition coefficient (Wildman–Crippen LogP) is 3.34. The van der Waals surface area contributed by atoms with Crippen molar-refractivity contribution in [2.75, 3.05) is 12.4 Å². The molecule has 23 heavy (non-hydrogen) atoms. The van der Waals surface area contributed by atoms with Crippen LogP contribution in [0.15, 0.2) is 6.20 Å². The monoisotopic (exact) mass is 326 g/mol. The molecule has 0 fully saturated rings. The van der Waals surface area contributed by atoms with Gasteiger partial charge in [0.15, 0.2) is 11.6 Å². The third-order valence-corrected chi connectivity index (χ3v) is 2.58. The molecule has 130 valence electrons. The first-order valence-electron chi connectivity index (χ1n) is 7.30. The van der Waals surface area contributed by atoms with Crippen molar-refractivity contribution in [2.24, 2.45) is 7.05 Å². The average Bonchev–Trinajstić information content (AvgIpc) is 2.61. The van der Waals surface area contributed by atoms with E-state index in [0.717, 1.165) is 0 Å². The van der Waals surface area contributed by atoms with Crippen molar-refractivity contribution in [3.8, 4) is 5.75 Å². The van der Waals surface area contributed by atoms with Crippen molar-refractivity contribution < 1.29 is 23.8 Å². The summed E-state index contributed by atoms with van der Waals surface area (Å²) in [5, 5.41) is 2.59. The summed E-state index contributed by atoms with van der Waals surface area (Å²) in [6.45, 7) is 10.6. The number of methoxy groups -OCH3 is 1. The van der Waals surface area contributed by atoms with Gasteiger partial charge in [0, 0.05) is 13.2 Å². The van der Waals surface area contributed by atoms with Crippen LogP contribution in [0.2, 0.25) is 0 Å². The molecule has 0 saturated heterocycles. The second-order valence-corrected chi connectivity index (χ2v) is 7.16. The van der Waals surface area contributed by atoms with E-state index in [-0.39, 0.29) is 11.3 Å². The fourth-order valence-corrected chi connectivity index (χ4v) is 1.83. The van der Waals surface area contributed by atoms with Gasteiger partial charge in [0.05, 0.1) is 7.11 Å². The van der Waals surface area contributed by atoms with Crippen molar-refractivity contribution >= 4 is 17.9 Å². The van der Waals surface area contributed by atoms with Gasteiger partial charge >= 0.3 is 12.1 Å². The third kappa shape index (κ3) is 5.50. The number of hydrogen-bond donors (Lipinski definition) is 1. The van der Waals surface area contributed by atoms with Gasteiger partial charge in [-0.15, -0.1) is 0 Å². The van der Waals surface area contributed by atoms with Crippen LogP contribution >= 0.6 is 0 Å². The average molecular weight is 326 g/mol. The number of nitrogens with zero attached hydrogens (tertiary/aromatic N) is 1. The molecule has 0 atom stereocenters. The number of aromatic nitrogens is 1. The molecule has 0 aromatic carbocycles. The summed E-state index contributed by atoms with van der Waals surface area (Å²) in [5.74, 6) is 0.0254. The van der Waals surface area contributed by atoms with Gasteiger partial charge in [-0.05, 0) is 41.5 Å². The van der Waals surface area contributed by atoms with Crippen molar-refractivity contribution in [1.29, 1.82) is 0 Å². The van der Waals surface area contributed by atoms with E-state index in [1.165, 1.54) is 7.11 Å². The summed E-state index contributed by atoms with van der Waals surface area (Å²) in [4.78, 5) is 24.2. The van der Waals surface area contributed by atoms with Crippen molar-refractivity contribution in [3.05, 3.63) is 11.8 Å². The molecular weight excluding hydrogens is 300 g/mol. The molecule has 0 aliphatic rings. The number of esters is 1. The molecular formula is C16H26N2O5. The van der Waals surface area contributed by atoms with Gasteiger partial charge in [0.1, 0.15) is 16.8 Å². The smallest absolute Gasteiger partial charge is 0.413 e. The van der Waals surface area contributed by atoms with Crippen LogP contribution in [0.5, 0.6) is 5.75 Å². The Morgan fingerprint density at radius 1 is 1.04 bits per heavy atom. The number of anilines is 1. The minimum absolute atomic E-state index is 0.229. The highest BCUT2D eigenvalue weighted by Crippen LogP contribution is 2.32. The number of carbonyl (C=O) groups is 2. The minimum atomic E-state index is -0.632.